The highest BCUT2D eigenvalue weighted by Gasteiger charge is 2.58. The molecular weight excluding hydrogens is 499 g/mol. The fourth-order valence-electron chi connectivity index (χ4n) is 5.29. The minimum Gasteiger partial charge on any atom is -0.332 e. The van der Waals surface area contributed by atoms with E-state index >= 15 is 0 Å². The van der Waals surface area contributed by atoms with Gasteiger partial charge < -0.3 is 5.32 Å². The molecule has 38 heavy (non-hydrogen) atoms. The lowest BCUT2D eigenvalue weighted by Gasteiger charge is -2.35. The van der Waals surface area contributed by atoms with E-state index in [1.165, 1.54) is 21.5 Å². The Hall–Kier alpha value is -3.65. The number of rotatable bonds is 8. The highest BCUT2D eigenvalue weighted by atomic mass is 32.2. The van der Waals surface area contributed by atoms with Gasteiger partial charge in [-0.1, -0.05) is 115 Å². The Morgan fingerprint density at radius 2 is 0.974 bits per heavy atom. The first kappa shape index (κ1) is 24.7. The molecule has 1 N–H and O–H groups in total. The standard InChI is InChI=1S/C34H30N2PS/c1-6-16-27(17-7-1)26-38-34-33(35-32(36-34)28-18-8-2-9-19-28)37(29-20-10-3-11-21-29,30-22-12-4-13-23-30)31-24-14-5-15-25-31/h1-25,33-34H,26H2,(H,35,36)/q+1. The van der Waals surface area contributed by atoms with Crippen LogP contribution in [0.15, 0.2) is 157 Å². The molecule has 0 bridgehead atoms. The van der Waals surface area contributed by atoms with Crippen LogP contribution in [0.25, 0.3) is 0 Å². The van der Waals surface area contributed by atoms with Gasteiger partial charge in [-0.2, -0.15) is 0 Å². The normalized spacial score (nSPS) is 17.0. The van der Waals surface area contributed by atoms with E-state index in [0.29, 0.717) is 0 Å². The largest absolute Gasteiger partial charge is 0.332 e. The Morgan fingerprint density at radius 1 is 0.553 bits per heavy atom. The Kier molecular flexibility index (Phi) is 7.40. The van der Waals surface area contributed by atoms with Crippen LogP contribution in [0.3, 0.4) is 0 Å². The molecule has 0 saturated carbocycles. The van der Waals surface area contributed by atoms with E-state index in [0.717, 1.165) is 17.2 Å². The summed E-state index contributed by atoms with van der Waals surface area (Å²) in [7, 11) is -2.18. The van der Waals surface area contributed by atoms with Crippen molar-refractivity contribution in [1.82, 2.24) is 5.32 Å². The van der Waals surface area contributed by atoms with Gasteiger partial charge in [0.25, 0.3) is 0 Å². The molecule has 2 atom stereocenters. The van der Waals surface area contributed by atoms with Crippen molar-refractivity contribution in [3.05, 3.63) is 163 Å². The lowest BCUT2D eigenvalue weighted by atomic mass is 10.2. The van der Waals surface area contributed by atoms with Gasteiger partial charge >= 0.3 is 0 Å². The summed E-state index contributed by atoms with van der Waals surface area (Å²) in [6, 6.07) is 54.6. The number of hydrogen-bond donors (Lipinski definition) is 1. The van der Waals surface area contributed by atoms with Crippen LogP contribution < -0.4 is 21.2 Å². The van der Waals surface area contributed by atoms with Gasteiger partial charge in [0, 0.05) is 11.3 Å². The molecule has 0 amide bonds. The molecular formula is C34H30N2PS+. The monoisotopic (exact) mass is 529 g/mol. The van der Waals surface area contributed by atoms with Crippen LogP contribution in [0.1, 0.15) is 11.1 Å². The molecule has 0 aromatic heterocycles. The molecule has 2 nitrogen and oxygen atoms in total. The Labute approximate surface area is 230 Å². The van der Waals surface area contributed by atoms with Gasteiger partial charge in [0.15, 0.2) is 11.2 Å². The first-order valence-corrected chi connectivity index (χ1v) is 15.9. The average Bonchev–Trinajstić information content (AvgIpc) is 3.44. The number of thioether (sulfide) groups is 1. The van der Waals surface area contributed by atoms with Crippen LogP contribution in [-0.4, -0.2) is 17.0 Å². The van der Waals surface area contributed by atoms with E-state index in [1.54, 1.807) is 0 Å². The molecule has 1 heterocycles. The van der Waals surface area contributed by atoms with Gasteiger partial charge in [0.1, 0.15) is 29.0 Å². The molecule has 1 aliphatic heterocycles. The average molecular weight is 530 g/mol. The third kappa shape index (κ3) is 4.80. The summed E-state index contributed by atoms with van der Waals surface area (Å²) in [4.78, 5) is 5.39. The van der Waals surface area contributed by atoms with E-state index in [9.17, 15) is 0 Å². The Morgan fingerprint density at radius 3 is 1.45 bits per heavy atom. The SMILES string of the molecule is c1ccc(CSC2N=C(c3ccccc3)NC2[P+](c2ccccc2)(c2ccccc2)c2ccccc2)cc1. The van der Waals surface area contributed by atoms with Crippen LogP contribution in [0, 0.1) is 0 Å². The molecule has 6 rings (SSSR count). The van der Waals surface area contributed by atoms with Gasteiger partial charge in [0.2, 0.25) is 0 Å². The highest BCUT2D eigenvalue weighted by molar-refractivity contribution is 8.01. The van der Waals surface area contributed by atoms with Crippen molar-refractivity contribution in [2.24, 2.45) is 4.99 Å². The molecule has 2 unspecified atom stereocenters. The summed E-state index contributed by atoms with van der Waals surface area (Å²) in [6.45, 7) is 0. The second kappa shape index (κ2) is 11.4. The first-order chi connectivity index (χ1) is 18.9. The topological polar surface area (TPSA) is 24.4 Å². The fourth-order valence-corrected chi connectivity index (χ4v) is 11.6. The van der Waals surface area contributed by atoms with Crippen molar-refractivity contribution >= 4 is 40.8 Å². The van der Waals surface area contributed by atoms with Gasteiger partial charge in [0.05, 0.1) is 0 Å². The summed E-state index contributed by atoms with van der Waals surface area (Å²) >= 11 is 1.93. The lowest BCUT2D eigenvalue weighted by molar-refractivity contribution is 0.831. The smallest absolute Gasteiger partial charge is 0.185 e. The van der Waals surface area contributed by atoms with Gasteiger partial charge in [-0.3, -0.25) is 0 Å². The van der Waals surface area contributed by atoms with Crippen LogP contribution in [0.4, 0.5) is 0 Å². The number of nitrogens with one attached hydrogen (secondary N) is 1. The molecule has 0 radical (unpaired) electrons. The first-order valence-electron chi connectivity index (χ1n) is 13.0. The summed E-state index contributed by atoms with van der Waals surface area (Å²) < 4.78 is 0. The fraction of sp³-hybridized carbons (Fsp3) is 0.0882. The number of benzene rings is 5. The minimum absolute atomic E-state index is 0.0411. The maximum atomic E-state index is 5.39. The van der Waals surface area contributed by atoms with E-state index in [2.05, 4.69) is 157 Å². The third-order valence-electron chi connectivity index (χ3n) is 7.03. The van der Waals surface area contributed by atoms with E-state index in [4.69, 9.17) is 4.99 Å². The second-order valence-electron chi connectivity index (χ2n) is 9.35. The predicted octanol–water partition coefficient (Wildman–Crippen LogP) is 6.62. The van der Waals surface area contributed by atoms with Crippen molar-refractivity contribution in [3.63, 3.8) is 0 Å². The Bertz CT molecular complexity index is 1380. The van der Waals surface area contributed by atoms with E-state index in [-0.39, 0.29) is 11.2 Å². The summed E-state index contributed by atoms with van der Waals surface area (Å²) in [5, 5.41) is 8.15. The molecule has 5 aromatic rings. The molecule has 1 aliphatic rings. The zero-order valence-electron chi connectivity index (χ0n) is 21.1. The number of amidine groups is 1. The third-order valence-corrected chi connectivity index (χ3v) is 13.0. The van der Waals surface area contributed by atoms with Gasteiger partial charge in [-0.05, 0) is 42.0 Å². The zero-order chi connectivity index (χ0) is 25.6. The van der Waals surface area contributed by atoms with Gasteiger partial charge in [-0.15, -0.1) is 11.8 Å². The maximum absolute atomic E-state index is 5.39. The molecule has 4 heteroatoms. The molecule has 0 spiro atoms. The van der Waals surface area contributed by atoms with E-state index < -0.39 is 7.26 Å². The number of nitrogens with zero attached hydrogens (tertiary/aromatic N) is 1. The number of aliphatic imine (C=N–C) groups is 1. The molecule has 186 valence electrons. The molecule has 0 fully saturated rings. The van der Waals surface area contributed by atoms with Crippen molar-refractivity contribution in [1.29, 1.82) is 0 Å². The highest BCUT2D eigenvalue weighted by Crippen LogP contribution is 2.62. The van der Waals surface area contributed by atoms with Crippen molar-refractivity contribution in [2.45, 2.75) is 16.9 Å². The van der Waals surface area contributed by atoms with Crippen molar-refractivity contribution < 1.29 is 0 Å². The zero-order valence-corrected chi connectivity index (χ0v) is 22.8. The van der Waals surface area contributed by atoms with Crippen LogP contribution in [0.2, 0.25) is 0 Å². The van der Waals surface area contributed by atoms with Crippen molar-refractivity contribution in [3.8, 4) is 0 Å². The molecule has 0 saturated heterocycles. The quantitative estimate of drug-likeness (QED) is 0.229. The summed E-state index contributed by atoms with van der Waals surface area (Å²) in [6.07, 6.45) is 0. The van der Waals surface area contributed by atoms with Crippen molar-refractivity contribution in [2.75, 3.05) is 0 Å². The summed E-state index contributed by atoms with van der Waals surface area (Å²) in [5.74, 6) is 1.99. The lowest BCUT2D eigenvalue weighted by Crippen LogP contribution is -2.48. The molecule has 5 aromatic carbocycles. The van der Waals surface area contributed by atoms with Crippen LogP contribution in [0.5, 0.6) is 0 Å². The number of hydrogen-bond acceptors (Lipinski definition) is 3. The maximum Gasteiger partial charge on any atom is 0.185 e. The Balaban J connectivity index is 1.54. The minimum atomic E-state index is -2.18. The summed E-state index contributed by atoms with van der Waals surface area (Å²) in [5.41, 5.74) is 2.45. The van der Waals surface area contributed by atoms with Crippen LogP contribution >= 0.6 is 19.0 Å². The van der Waals surface area contributed by atoms with Crippen LogP contribution in [-0.2, 0) is 5.75 Å². The van der Waals surface area contributed by atoms with E-state index in [1.807, 2.05) is 11.8 Å². The van der Waals surface area contributed by atoms with Gasteiger partial charge in [-0.25, -0.2) is 4.99 Å². The second-order valence-corrected chi connectivity index (χ2v) is 14.0. The predicted molar refractivity (Wildman–Crippen MR) is 167 cm³/mol. The molecule has 0 aliphatic carbocycles.